The van der Waals surface area contributed by atoms with Crippen molar-refractivity contribution in [3.05, 3.63) is 179 Å². The average Bonchev–Trinajstić information content (AvgIpc) is 3.29. The highest BCUT2D eigenvalue weighted by atomic mass is 16.7. The summed E-state index contributed by atoms with van der Waals surface area (Å²) in [6.07, 6.45) is -8.64. The minimum Gasteiger partial charge on any atom is -0.382 e. The third-order valence-corrected chi connectivity index (χ3v) is 10.6. The second kappa shape index (κ2) is 23.0. The minimum absolute atomic E-state index is 0.0864. The van der Waals surface area contributed by atoms with Crippen LogP contribution in [0.2, 0.25) is 0 Å². The predicted molar refractivity (Wildman–Crippen MR) is 223 cm³/mol. The molecule has 0 amide bonds. The van der Waals surface area contributed by atoms with Gasteiger partial charge in [0, 0.05) is 14.2 Å². The van der Waals surface area contributed by atoms with Gasteiger partial charge in [0.1, 0.15) is 48.8 Å². The highest BCUT2D eigenvalue weighted by molar-refractivity contribution is 5.17. The summed E-state index contributed by atoms with van der Waals surface area (Å²) in [6, 6.07) is 49.4. The normalized spacial score (nSPS) is 26.8. The lowest BCUT2D eigenvalue weighted by Gasteiger charge is -2.49. The Morgan fingerprint density at radius 2 is 0.800 bits per heavy atom. The number of ether oxygens (including phenoxy) is 10. The van der Waals surface area contributed by atoms with Crippen molar-refractivity contribution in [3.8, 4) is 0 Å². The SMILES string of the molecule is COC[C@H]1O[C@H](O)[C@H](OCc2ccccc2)[C@@H](OCc2ccccc2)[C@@H]1O[C@@H]1O[C@H](COCc2ccccc2)[C@@H](OCc2ccccc2)[C@H](OCc2ccccc2)[C@@H]1OC. The molecule has 2 saturated heterocycles. The van der Waals surface area contributed by atoms with Crippen molar-refractivity contribution in [1.82, 2.24) is 0 Å². The average molecular weight is 821 g/mol. The lowest BCUT2D eigenvalue weighted by atomic mass is 9.96. The van der Waals surface area contributed by atoms with Crippen molar-refractivity contribution in [1.29, 1.82) is 0 Å². The van der Waals surface area contributed by atoms with Gasteiger partial charge in [-0.3, -0.25) is 0 Å². The summed E-state index contributed by atoms with van der Waals surface area (Å²) in [6.45, 7) is 1.62. The molecule has 2 fully saturated rings. The molecule has 2 heterocycles. The number of aliphatic hydroxyl groups excluding tert-OH is 1. The molecule has 2 aliphatic heterocycles. The maximum Gasteiger partial charge on any atom is 0.187 e. The van der Waals surface area contributed by atoms with Crippen LogP contribution < -0.4 is 0 Å². The van der Waals surface area contributed by atoms with Gasteiger partial charge in [0.05, 0.1) is 46.2 Å². The molecule has 1 N–H and O–H groups in total. The van der Waals surface area contributed by atoms with Gasteiger partial charge in [-0.1, -0.05) is 152 Å². The standard InChI is InChI=1S/C49H56O11/c1-51-33-40-43(45(56-31-38-24-14-6-15-25-38)46(48(50)58-40)57-32-39-26-16-7-17-27-39)60-49-47(52-2)44(55-30-37-22-12-5-13-23-37)42(54-29-36-20-10-4-11-21-36)41(59-49)34-53-28-35-18-8-3-9-19-35/h3-27,40-50H,28-34H2,1-2H3/t40-,41-,42-,43-,44+,45+,46-,47+,48+,49+/m1/s1. The van der Waals surface area contributed by atoms with Crippen LogP contribution in [0.1, 0.15) is 27.8 Å². The minimum atomic E-state index is -1.35. The zero-order chi connectivity index (χ0) is 41.4. The van der Waals surface area contributed by atoms with Crippen LogP contribution in [0.25, 0.3) is 0 Å². The van der Waals surface area contributed by atoms with Crippen LogP contribution >= 0.6 is 0 Å². The Labute approximate surface area is 353 Å². The second-order valence-corrected chi connectivity index (χ2v) is 14.9. The zero-order valence-electron chi connectivity index (χ0n) is 34.2. The van der Waals surface area contributed by atoms with Crippen LogP contribution in [-0.4, -0.2) is 94.0 Å². The molecule has 5 aromatic carbocycles. The first-order valence-corrected chi connectivity index (χ1v) is 20.5. The first kappa shape index (κ1) is 43.7. The van der Waals surface area contributed by atoms with Gasteiger partial charge < -0.3 is 52.5 Å². The Morgan fingerprint density at radius 3 is 1.23 bits per heavy atom. The number of hydrogen-bond acceptors (Lipinski definition) is 11. The highest BCUT2D eigenvalue weighted by Crippen LogP contribution is 2.35. The summed E-state index contributed by atoms with van der Waals surface area (Å²) in [5.74, 6) is 0. The Kier molecular flexibility index (Phi) is 16.8. The van der Waals surface area contributed by atoms with E-state index in [9.17, 15) is 5.11 Å². The first-order valence-electron chi connectivity index (χ1n) is 20.5. The van der Waals surface area contributed by atoms with Crippen LogP contribution in [0.15, 0.2) is 152 Å². The van der Waals surface area contributed by atoms with E-state index in [1.165, 1.54) is 0 Å². The molecule has 0 bridgehead atoms. The fourth-order valence-corrected chi connectivity index (χ4v) is 7.58. The quantitative estimate of drug-likeness (QED) is 0.0824. The predicted octanol–water partition coefficient (Wildman–Crippen LogP) is 7.03. The van der Waals surface area contributed by atoms with E-state index in [1.807, 2.05) is 152 Å². The fourth-order valence-electron chi connectivity index (χ4n) is 7.58. The maximum atomic E-state index is 11.5. The van der Waals surface area contributed by atoms with Crippen LogP contribution in [0.3, 0.4) is 0 Å². The summed E-state index contributed by atoms with van der Waals surface area (Å²) >= 11 is 0. The van der Waals surface area contributed by atoms with E-state index in [-0.39, 0.29) is 33.0 Å². The molecular formula is C49H56O11. The molecule has 11 heteroatoms. The zero-order valence-corrected chi connectivity index (χ0v) is 34.2. The van der Waals surface area contributed by atoms with Gasteiger partial charge in [-0.15, -0.1) is 0 Å². The Morgan fingerprint density at radius 1 is 0.417 bits per heavy atom. The molecule has 0 saturated carbocycles. The molecule has 11 nitrogen and oxygen atoms in total. The number of hydrogen-bond donors (Lipinski definition) is 1. The van der Waals surface area contributed by atoms with Gasteiger partial charge in [-0.25, -0.2) is 0 Å². The van der Waals surface area contributed by atoms with E-state index in [1.54, 1.807) is 14.2 Å². The van der Waals surface area contributed by atoms with Crippen molar-refractivity contribution < 1.29 is 52.5 Å². The van der Waals surface area contributed by atoms with E-state index in [2.05, 4.69) is 0 Å². The van der Waals surface area contributed by atoms with Gasteiger partial charge in [0.2, 0.25) is 0 Å². The summed E-state index contributed by atoms with van der Waals surface area (Å²) in [7, 11) is 3.18. The van der Waals surface area contributed by atoms with Crippen molar-refractivity contribution in [3.63, 3.8) is 0 Å². The number of methoxy groups -OCH3 is 2. The maximum absolute atomic E-state index is 11.5. The van der Waals surface area contributed by atoms with Crippen LogP contribution in [0.5, 0.6) is 0 Å². The molecule has 0 unspecified atom stereocenters. The van der Waals surface area contributed by atoms with E-state index < -0.39 is 61.4 Å². The smallest absolute Gasteiger partial charge is 0.187 e. The fraction of sp³-hybridized carbons (Fsp3) is 0.388. The third kappa shape index (κ3) is 12.2. The van der Waals surface area contributed by atoms with E-state index in [0.717, 1.165) is 27.8 Å². The Balaban J connectivity index is 1.21. The lowest BCUT2D eigenvalue weighted by Crippen LogP contribution is -2.66. The molecular weight excluding hydrogens is 765 g/mol. The van der Waals surface area contributed by atoms with Crippen molar-refractivity contribution in [2.75, 3.05) is 27.4 Å². The van der Waals surface area contributed by atoms with Crippen LogP contribution in [0.4, 0.5) is 0 Å². The monoisotopic (exact) mass is 820 g/mol. The topological polar surface area (TPSA) is 113 Å². The van der Waals surface area contributed by atoms with Crippen molar-refractivity contribution in [2.45, 2.75) is 94.4 Å². The van der Waals surface area contributed by atoms with E-state index in [0.29, 0.717) is 13.2 Å². The number of rotatable bonds is 21. The summed E-state index contributed by atoms with van der Waals surface area (Å²) in [5.41, 5.74) is 4.87. The molecule has 10 atom stereocenters. The summed E-state index contributed by atoms with van der Waals surface area (Å²) < 4.78 is 65.2. The van der Waals surface area contributed by atoms with Crippen LogP contribution in [-0.2, 0) is 80.4 Å². The molecule has 318 valence electrons. The first-order chi connectivity index (χ1) is 29.6. The lowest BCUT2D eigenvalue weighted by molar-refractivity contribution is -0.371. The van der Waals surface area contributed by atoms with Gasteiger partial charge in [-0.05, 0) is 27.8 Å². The molecule has 60 heavy (non-hydrogen) atoms. The molecule has 0 aromatic heterocycles. The van der Waals surface area contributed by atoms with Gasteiger partial charge in [0.25, 0.3) is 0 Å². The third-order valence-electron chi connectivity index (χ3n) is 10.6. The van der Waals surface area contributed by atoms with Crippen molar-refractivity contribution in [2.24, 2.45) is 0 Å². The number of aliphatic hydroxyl groups is 1. The Bertz CT molecular complexity index is 1910. The van der Waals surface area contributed by atoms with Gasteiger partial charge >= 0.3 is 0 Å². The van der Waals surface area contributed by atoms with E-state index in [4.69, 9.17) is 47.4 Å². The van der Waals surface area contributed by atoms with Crippen molar-refractivity contribution >= 4 is 0 Å². The number of benzene rings is 5. The van der Waals surface area contributed by atoms with Gasteiger partial charge in [0.15, 0.2) is 12.6 Å². The molecule has 0 radical (unpaired) electrons. The van der Waals surface area contributed by atoms with Gasteiger partial charge in [-0.2, -0.15) is 0 Å². The summed E-state index contributed by atoms with van der Waals surface area (Å²) in [4.78, 5) is 0. The molecule has 5 aromatic rings. The largest absolute Gasteiger partial charge is 0.382 e. The molecule has 0 spiro atoms. The second-order valence-electron chi connectivity index (χ2n) is 14.9. The van der Waals surface area contributed by atoms with Crippen LogP contribution in [0, 0.1) is 0 Å². The molecule has 0 aliphatic carbocycles. The molecule has 2 aliphatic rings. The molecule has 7 rings (SSSR count). The van der Waals surface area contributed by atoms with E-state index >= 15 is 0 Å². The summed E-state index contributed by atoms with van der Waals surface area (Å²) in [5, 5.41) is 11.5. The highest BCUT2D eigenvalue weighted by Gasteiger charge is 2.54. The Hall–Kier alpha value is -4.34.